The summed E-state index contributed by atoms with van der Waals surface area (Å²) in [6.45, 7) is 0. The number of rotatable bonds is 4. The molecule has 0 aromatic heterocycles. The van der Waals surface area contributed by atoms with E-state index in [1.165, 1.54) is 0 Å². The summed E-state index contributed by atoms with van der Waals surface area (Å²) in [4.78, 5) is 17.6. The number of benzene rings is 4. The summed E-state index contributed by atoms with van der Waals surface area (Å²) >= 11 is 0. The zero-order valence-corrected chi connectivity index (χ0v) is 18.6. The molecule has 0 radical (unpaired) electrons. The molecule has 0 bridgehead atoms. The number of nitriles is 1. The predicted octanol–water partition coefficient (Wildman–Crippen LogP) is 6.89. The number of anilines is 2. The molecule has 0 saturated heterocycles. The third-order valence-corrected chi connectivity index (χ3v) is 6.13. The lowest BCUT2D eigenvalue weighted by atomic mass is 9.79. The maximum atomic E-state index is 14.3. The second-order valence-corrected chi connectivity index (χ2v) is 8.20. The number of nitrogens with zero attached hydrogens (tertiary/aromatic N) is 3. The lowest BCUT2D eigenvalue weighted by molar-refractivity contribution is 0.185. The van der Waals surface area contributed by atoms with E-state index >= 15 is 0 Å². The van der Waals surface area contributed by atoms with Gasteiger partial charge in [0.05, 0.1) is 17.4 Å². The highest BCUT2D eigenvalue weighted by atomic mass is 16.2. The zero-order valence-electron chi connectivity index (χ0n) is 18.6. The SMILES string of the molecule is N#CC1(Cc2ccccc2)c2ccccc2C=CN1C(=O)N(c1ccccc1)c1ccccc1. The van der Waals surface area contributed by atoms with Gasteiger partial charge in [-0.2, -0.15) is 5.26 Å². The van der Waals surface area contributed by atoms with Gasteiger partial charge in [-0.1, -0.05) is 91.0 Å². The molecule has 5 rings (SSSR count). The minimum Gasteiger partial charge on any atom is -0.277 e. The summed E-state index contributed by atoms with van der Waals surface area (Å²) in [5.41, 5.74) is 3.01. The van der Waals surface area contributed by atoms with Crippen molar-refractivity contribution in [1.29, 1.82) is 5.26 Å². The molecule has 1 heterocycles. The van der Waals surface area contributed by atoms with E-state index in [0.717, 1.165) is 28.1 Å². The van der Waals surface area contributed by atoms with Crippen molar-refractivity contribution in [3.05, 3.63) is 138 Å². The Morgan fingerprint density at radius 1 is 0.765 bits per heavy atom. The number of hydrogen-bond donors (Lipinski definition) is 0. The molecule has 0 spiro atoms. The third-order valence-electron chi connectivity index (χ3n) is 6.13. The topological polar surface area (TPSA) is 47.3 Å². The van der Waals surface area contributed by atoms with Crippen molar-refractivity contribution in [3.8, 4) is 6.07 Å². The zero-order chi connectivity index (χ0) is 23.4. The number of amides is 2. The van der Waals surface area contributed by atoms with Gasteiger partial charge >= 0.3 is 6.03 Å². The average molecular weight is 442 g/mol. The van der Waals surface area contributed by atoms with Crippen LogP contribution in [0.25, 0.3) is 6.08 Å². The molecular weight excluding hydrogens is 418 g/mol. The Labute approximate surface area is 199 Å². The quantitative estimate of drug-likeness (QED) is 0.346. The van der Waals surface area contributed by atoms with E-state index in [0.29, 0.717) is 6.42 Å². The smallest absolute Gasteiger partial charge is 0.277 e. The van der Waals surface area contributed by atoms with Gasteiger partial charge in [0.25, 0.3) is 0 Å². The van der Waals surface area contributed by atoms with Crippen molar-refractivity contribution in [3.63, 3.8) is 0 Å². The van der Waals surface area contributed by atoms with E-state index in [9.17, 15) is 10.1 Å². The Morgan fingerprint density at radius 2 is 1.29 bits per heavy atom. The number of fused-ring (bicyclic) bond motifs is 1. The van der Waals surface area contributed by atoms with Gasteiger partial charge in [-0.25, -0.2) is 4.79 Å². The van der Waals surface area contributed by atoms with Crippen molar-refractivity contribution in [2.75, 3.05) is 4.90 Å². The van der Waals surface area contributed by atoms with Gasteiger partial charge in [-0.05, 0) is 41.5 Å². The van der Waals surface area contributed by atoms with Crippen molar-refractivity contribution in [2.45, 2.75) is 12.0 Å². The highest BCUT2D eigenvalue weighted by Crippen LogP contribution is 2.41. The molecule has 1 aliphatic heterocycles. The van der Waals surface area contributed by atoms with Gasteiger partial charge in [0, 0.05) is 18.2 Å². The summed E-state index contributed by atoms with van der Waals surface area (Å²) in [6.07, 6.45) is 4.02. The fourth-order valence-corrected chi connectivity index (χ4v) is 4.51. The van der Waals surface area contributed by atoms with Crippen LogP contribution in [0.2, 0.25) is 0 Å². The first kappa shape index (κ1) is 21.2. The monoisotopic (exact) mass is 441 g/mol. The van der Waals surface area contributed by atoms with Gasteiger partial charge in [0.1, 0.15) is 0 Å². The fraction of sp³-hybridized carbons (Fsp3) is 0.0667. The molecule has 1 unspecified atom stereocenters. The minimum absolute atomic E-state index is 0.291. The number of carbonyl (C=O) groups excluding carboxylic acids is 1. The Kier molecular flexibility index (Phi) is 5.68. The number of para-hydroxylation sites is 2. The number of hydrogen-bond acceptors (Lipinski definition) is 2. The molecule has 4 aromatic rings. The number of carbonyl (C=O) groups is 1. The van der Waals surface area contributed by atoms with E-state index < -0.39 is 5.54 Å². The Hall–Kier alpha value is -4.62. The fourth-order valence-electron chi connectivity index (χ4n) is 4.51. The second kappa shape index (κ2) is 9.09. The molecular formula is C30H23N3O. The maximum absolute atomic E-state index is 14.3. The van der Waals surface area contributed by atoms with Crippen LogP contribution in [-0.2, 0) is 12.0 Å². The predicted molar refractivity (Wildman–Crippen MR) is 135 cm³/mol. The lowest BCUT2D eigenvalue weighted by Gasteiger charge is -2.42. The summed E-state index contributed by atoms with van der Waals surface area (Å²) < 4.78 is 0. The third kappa shape index (κ3) is 3.74. The van der Waals surface area contributed by atoms with Gasteiger partial charge in [-0.15, -0.1) is 0 Å². The molecule has 0 N–H and O–H groups in total. The largest absolute Gasteiger partial charge is 0.334 e. The standard InChI is InChI=1S/C30H23N3O/c31-23-30(22-24-12-4-1-5-13-24)28-19-11-10-14-25(28)20-21-32(30)29(34)33(26-15-6-2-7-16-26)27-17-8-3-9-18-27/h1-21H,22H2. The summed E-state index contributed by atoms with van der Waals surface area (Å²) in [6, 6.07) is 39.0. The summed E-state index contributed by atoms with van der Waals surface area (Å²) in [7, 11) is 0. The number of urea groups is 1. The molecule has 0 aliphatic carbocycles. The van der Waals surface area contributed by atoms with Crippen LogP contribution >= 0.6 is 0 Å². The van der Waals surface area contributed by atoms with Crippen LogP contribution in [0.15, 0.2) is 121 Å². The first-order valence-corrected chi connectivity index (χ1v) is 11.2. The van der Waals surface area contributed by atoms with E-state index in [4.69, 9.17) is 0 Å². The van der Waals surface area contributed by atoms with Crippen LogP contribution in [0.5, 0.6) is 0 Å². The molecule has 1 atom stereocenters. The molecule has 4 aromatic carbocycles. The van der Waals surface area contributed by atoms with Crippen molar-refractivity contribution in [2.24, 2.45) is 0 Å². The normalized spacial score (nSPS) is 16.4. The van der Waals surface area contributed by atoms with Crippen molar-refractivity contribution in [1.82, 2.24) is 4.90 Å². The van der Waals surface area contributed by atoms with Crippen LogP contribution < -0.4 is 4.90 Å². The van der Waals surface area contributed by atoms with Crippen LogP contribution in [0, 0.1) is 11.3 Å². The van der Waals surface area contributed by atoms with E-state index in [1.54, 1.807) is 16.0 Å². The van der Waals surface area contributed by atoms with Gasteiger partial charge < -0.3 is 0 Å². The van der Waals surface area contributed by atoms with Gasteiger partial charge in [0.2, 0.25) is 0 Å². The molecule has 0 saturated carbocycles. The molecule has 1 aliphatic rings. The Bertz CT molecular complexity index is 1320. The molecule has 164 valence electrons. The molecule has 34 heavy (non-hydrogen) atoms. The highest BCUT2D eigenvalue weighted by molar-refractivity contribution is 6.01. The molecule has 2 amide bonds. The second-order valence-electron chi connectivity index (χ2n) is 8.20. The first-order chi connectivity index (χ1) is 16.7. The Balaban J connectivity index is 1.67. The lowest BCUT2D eigenvalue weighted by Crippen LogP contribution is -2.52. The summed E-state index contributed by atoms with van der Waals surface area (Å²) in [5.74, 6) is 0. The van der Waals surface area contributed by atoms with Crippen LogP contribution in [0.1, 0.15) is 16.7 Å². The molecule has 0 fully saturated rings. The van der Waals surface area contributed by atoms with Gasteiger partial charge in [-0.3, -0.25) is 9.80 Å². The van der Waals surface area contributed by atoms with E-state index in [1.807, 2.05) is 121 Å². The van der Waals surface area contributed by atoms with Crippen molar-refractivity contribution < 1.29 is 4.79 Å². The van der Waals surface area contributed by atoms with E-state index in [2.05, 4.69) is 6.07 Å². The van der Waals surface area contributed by atoms with Gasteiger partial charge in [0.15, 0.2) is 5.54 Å². The highest BCUT2D eigenvalue weighted by Gasteiger charge is 2.46. The molecule has 4 nitrogen and oxygen atoms in total. The average Bonchev–Trinajstić information content (AvgIpc) is 2.90. The van der Waals surface area contributed by atoms with Crippen LogP contribution in [-0.4, -0.2) is 10.9 Å². The minimum atomic E-state index is -1.20. The van der Waals surface area contributed by atoms with Crippen LogP contribution in [0.3, 0.4) is 0 Å². The summed E-state index contributed by atoms with van der Waals surface area (Å²) in [5, 5.41) is 10.7. The maximum Gasteiger partial charge on any atom is 0.334 e. The van der Waals surface area contributed by atoms with E-state index in [-0.39, 0.29) is 6.03 Å². The molecule has 4 heteroatoms. The van der Waals surface area contributed by atoms with Crippen molar-refractivity contribution >= 4 is 23.5 Å². The first-order valence-electron chi connectivity index (χ1n) is 11.2. The Morgan fingerprint density at radius 3 is 1.88 bits per heavy atom. The van der Waals surface area contributed by atoms with Crippen LogP contribution in [0.4, 0.5) is 16.2 Å².